The van der Waals surface area contributed by atoms with Crippen LogP contribution in [0.5, 0.6) is 0 Å². The van der Waals surface area contributed by atoms with Gasteiger partial charge in [-0.05, 0) is 18.4 Å². The van der Waals surface area contributed by atoms with E-state index in [1.807, 2.05) is 6.07 Å². The largest absolute Gasteiger partial charge is 0.446 e. The first kappa shape index (κ1) is 13.6. The van der Waals surface area contributed by atoms with Gasteiger partial charge in [-0.25, -0.2) is 0 Å². The normalized spacial score (nSPS) is 21.5. The lowest BCUT2D eigenvalue weighted by molar-refractivity contribution is 0.261. The van der Waals surface area contributed by atoms with E-state index < -0.39 is 0 Å². The Balaban J connectivity index is 1.65. The van der Waals surface area contributed by atoms with Gasteiger partial charge in [0, 0.05) is 11.8 Å². The van der Waals surface area contributed by atoms with E-state index in [2.05, 4.69) is 34.6 Å². The average Bonchev–Trinajstić information content (AvgIpc) is 3.01. The van der Waals surface area contributed by atoms with E-state index in [9.17, 15) is 0 Å². The standard InChI is InChI=1S/C18H21N3O/c1-3-7-14(8-4-1)12-19-17-18(9-5-2-6-10-18)11-15-16(21-17)20-13-22-15/h1,3-4,7-8,13H,2,5-6,9-12H2,(H,19,21). The molecule has 1 saturated carbocycles. The van der Waals surface area contributed by atoms with Gasteiger partial charge in [-0.15, -0.1) is 0 Å². The molecule has 0 unspecified atom stereocenters. The number of nitrogens with one attached hydrogen (secondary N) is 1. The summed E-state index contributed by atoms with van der Waals surface area (Å²) in [6.07, 6.45) is 8.72. The molecule has 1 aliphatic heterocycles. The number of nitrogens with zero attached hydrogens (tertiary/aromatic N) is 2. The molecule has 0 bridgehead atoms. The molecule has 1 N–H and O–H groups in total. The number of amidine groups is 1. The van der Waals surface area contributed by atoms with E-state index in [4.69, 9.17) is 9.41 Å². The van der Waals surface area contributed by atoms with Crippen LogP contribution < -0.4 is 5.32 Å². The van der Waals surface area contributed by atoms with Gasteiger partial charge in [-0.2, -0.15) is 4.98 Å². The minimum Gasteiger partial charge on any atom is -0.446 e. The Hall–Kier alpha value is -2.10. The third-order valence-electron chi connectivity index (χ3n) is 4.95. The lowest BCUT2D eigenvalue weighted by atomic mass is 9.69. The number of fused-ring (bicyclic) bond motifs is 1. The zero-order valence-corrected chi connectivity index (χ0v) is 12.7. The Bertz CT molecular complexity index is 669. The maximum atomic E-state index is 5.57. The van der Waals surface area contributed by atoms with E-state index >= 15 is 0 Å². The molecule has 1 fully saturated rings. The predicted molar refractivity (Wildman–Crippen MR) is 86.9 cm³/mol. The number of anilines is 1. The Kier molecular flexibility index (Phi) is 3.45. The number of hydrogen-bond acceptors (Lipinski definition) is 3. The first-order valence-electron chi connectivity index (χ1n) is 8.14. The summed E-state index contributed by atoms with van der Waals surface area (Å²) in [5.41, 5.74) is 1.37. The molecule has 0 radical (unpaired) electrons. The van der Waals surface area contributed by atoms with E-state index in [1.165, 1.54) is 44.1 Å². The Morgan fingerprint density at radius 1 is 1.14 bits per heavy atom. The molecule has 2 aromatic rings. The van der Waals surface area contributed by atoms with Crippen molar-refractivity contribution in [3.05, 3.63) is 48.0 Å². The van der Waals surface area contributed by atoms with Crippen molar-refractivity contribution in [2.24, 2.45) is 10.4 Å². The summed E-state index contributed by atoms with van der Waals surface area (Å²) < 4.78 is 5.57. The second kappa shape index (κ2) is 5.59. The lowest BCUT2D eigenvalue weighted by Crippen LogP contribution is -2.43. The molecular formula is C18H21N3O. The fraction of sp³-hybridized carbons (Fsp3) is 0.444. The first-order valence-corrected chi connectivity index (χ1v) is 8.14. The zero-order chi connectivity index (χ0) is 14.8. The number of rotatable bonds is 2. The van der Waals surface area contributed by atoms with Crippen LogP contribution >= 0.6 is 0 Å². The third-order valence-corrected chi connectivity index (χ3v) is 4.95. The molecule has 0 atom stereocenters. The SMILES string of the molecule is c1ccc(CN=C2Nc3ncoc3CC23CCCCC3)cc1. The molecule has 1 aliphatic carbocycles. The minimum absolute atomic E-state index is 0.125. The minimum atomic E-state index is 0.125. The van der Waals surface area contributed by atoms with Crippen molar-refractivity contribution in [1.29, 1.82) is 0 Å². The molecule has 4 heteroatoms. The first-order chi connectivity index (χ1) is 10.9. The Morgan fingerprint density at radius 2 is 1.95 bits per heavy atom. The molecule has 4 rings (SSSR count). The van der Waals surface area contributed by atoms with Gasteiger partial charge in [0.05, 0.1) is 6.54 Å². The highest BCUT2D eigenvalue weighted by molar-refractivity contribution is 6.01. The smallest absolute Gasteiger partial charge is 0.183 e. The molecule has 4 nitrogen and oxygen atoms in total. The van der Waals surface area contributed by atoms with Gasteiger partial charge in [0.25, 0.3) is 0 Å². The van der Waals surface area contributed by atoms with Crippen molar-refractivity contribution < 1.29 is 4.42 Å². The van der Waals surface area contributed by atoms with E-state index in [-0.39, 0.29) is 5.41 Å². The molecule has 2 aliphatic rings. The maximum absolute atomic E-state index is 5.57. The van der Waals surface area contributed by atoms with Gasteiger partial charge >= 0.3 is 0 Å². The van der Waals surface area contributed by atoms with Crippen LogP contribution in [0, 0.1) is 5.41 Å². The molecule has 114 valence electrons. The van der Waals surface area contributed by atoms with Crippen molar-refractivity contribution in [2.45, 2.75) is 45.1 Å². The van der Waals surface area contributed by atoms with Gasteiger partial charge in [-0.1, -0.05) is 49.6 Å². The zero-order valence-electron chi connectivity index (χ0n) is 12.7. The van der Waals surface area contributed by atoms with Crippen molar-refractivity contribution in [2.75, 3.05) is 5.32 Å². The summed E-state index contributed by atoms with van der Waals surface area (Å²) in [7, 11) is 0. The number of aliphatic imine (C=N–C) groups is 1. The molecule has 0 amide bonds. The summed E-state index contributed by atoms with van der Waals surface area (Å²) in [6.45, 7) is 0.720. The predicted octanol–water partition coefficient (Wildman–Crippen LogP) is 4.19. The van der Waals surface area contributed by atoms with E-state index in [0.29, 0.717) is 0 Å². The summed E-state index contributed by atoms with van der Waals surface area (Å²) >= 11 is 0. The topological polar surface area (TPSA) is 50.4 Å². The number of oxazole rings is 1. The quantitative estimate of drug-likeness (QED) is 0.903. The third kappa shape index (κ3) is 2.43. The van der Waals surface area contributed by atoms with Crippen LogP contribution in [-0.2, 0) is 13.0 Å². The van der Waals surface area contributed by atoms with Crippen LogP contribution in [0.15, 0.2) is 46.1 Å². The lowest BCUT2D eigenvalue weighted by Gasteiger charge is -2.40. The number of hydrogen-bond donors (Lipinski definition) is 1. The summed E-state index contributed by atoms with van der Waals surface area (Å²) in [5, 5.41) is 3.45. The van der Waals surface area contributed by atoms with Gasteiger partial charge < -0.3 is 9.73 Å². The van der Waals surface area contributed by atoms with Crippen molar-refractivity contribution in [3.63, 3.8) is 0 Å². The molecule has 0 saturated heterocycles. The van der Waals surface area contributed by atoms with Crippen LogP contribution in [-0.4, -0.2) is 10.8 Å². The van der Waals surface area contributed by atoms with Crippen molar-refractivity contribution in [3.8, 4) is 0 Å². The van der Waals surface area contributed by atoms with E-state index in [0.717, 1.165) is 30.4 Å². The van der Waals surface area contributed by atoms with Crippen LogP contribution in [0.2, 0.25) is 0 Å². The van der Waals surface area contributed by atoms with Crippen LogP contribution in [0.3, 0.4) is 0 Å². The highest BCUT2D eigenvalue weighted by Crippen LogP contribution is 2.44. The number of benzene rings is 1. The fourth-order valence-corrected chi connectivity index (χ4v) is 3.74. The van der Waals surface area contributed by atoms with Gasteiger partial charge in [-0.3, -0.25) is 4.99 Å². The van der Waals surface area contributed by atoms with E-state index in [1.54, 1.807) is 0 Å². The molecule has 22 heavy (non-hydrogen) atoms. The van der Waals surface area contributed by atoms with Gasteiger partial charge in [0.1, 0.15) is 11.6 Å². The molecule has 1 aromatic carbocycles. The van der Waals surface area contributed by atoms with Crippen molar-refractivity contribution >= 4 is 11.7 Å². The van der Waals surface area contributed by atoms with Gasteiger partial charge in [0.2, 0.25) is 0 Å². The number of aromatic nitrogens is 1. The average molecular weight is 295 g/mol. The van der Waals surface area contributed by atoms with Crippen LogP contribution in [0.1, 0.15) is 43.4 Å². The molecular weight excluding hydrogens is 274 g/mol. The van der Waals surface area contributed by atoms with Crippen molar-refractivity contribution in [1.82, 2.24) is 4.98 Å². The highest BCUT2D eigenvalue weighted by Gasteiger charge is 2.42. The second-order valence-corrected chi connectivity index (χ2v) is 6.42. The second-order valence-electron chi connectivity index (χ2n) is 6.42. The molecule has 1 aromatic heterocycles. The van der Waals surface area contributed by atoms with Crippen LogP contribution in [0.25, 0.3) is 0 Å². The highest BCUT2D eigenvalue weighted by atomic mass is 16.3. The fourth-order valence-electron chi connectivity index (χ4n) is 3.74. The Labute approximate surface area is 130 Å². The molecule has 2 heterocycles. The summed E-state index contributed by atoms with van der Waals surface area (Å²) in [6, 6.07) is 10.4. The maximum Gasteiger partial charge on any atom is 0.183 e. The Morgan fingerprint density at radius 3 is 2.77 bits per heavy atom. The molecule has 1 spiro atoms. The summed E-state index contributed by atoms with van der Waals surface area (Å²) in [5.74, 6) is 2.95. The van der Waals surface area contributed by atoms with Gasteiger partial charge in [0.15, 0.2) is 12.2 Å². The van der Waals surface area contributed by atoms with Crippen LogP contribution in [0.4, 0.5) is 5.82 Å². The summed E-state index contributed by atoms with van der Waals surface area (Å²) in [4.78, 5) is 9.21. The monoisotopic (exact) mass is 295 g/mol.